The van der Waals surface area contributed by atoms with Crippen LogP contribution in [0.2, 0.25) is 0 Å². The number of ether oxygens (including phenoxy) is 1. The van der Waals surface area contributed by atoms with Gasteiger partial charge in [0.05, 0.1) is 35.8 Å². The lowest BCUT2D eigenvalue weighted by atomic mass is 10.2. The Labute approximate surface area is 168 Å². The van der Waals surface area contributed by atoms with Gasteiger partial charge in [0.15, 0.2) is 0 Å². The van der Waals surface area contributed by atoms with Crippen molar-refractivity contribution in [2.75, 3.05) is 41.8 Å². The molecule has 0 spiro atoms. The van der Waals surface area contributed by atoms with Crippen LogP contribution in [0.1, 0.15) is 10.4 Å². The first-order valence-electron chi connectivity index (χ1n) is 9.41. The van der Waals surface area contributed by atoms with Crippen molar-refractivity contribution in [3.63, 3.8) is 0 Å². The third-order valence-electron chi connectivity index (χ3n) is 4.67. The van der Waals surface area contributed by atoms with Gasteiger partial charge in [-0.05, 0) is 36.4 Å². The summed E-state index contributed by atoms with van der Waals surface area (Å²) in [6.45, 7) is 2.90. The smallest absolute Gasteiger partial charge is 0.257 e. The molecule has 1 amide bonds. The van der Waals surface area contributed by atoms with E-state index >= 15 is 0 Å². The first-order valence-corrected chi connectivity index (χ1v) is 9.41. The predicted octanol–water partition coefficient (Wildman–Crippen LogP) is 4.05. The topological polar surface area (TPSA) is 66.5 Å². The number of aromatic nitrogens is 1. The van der Waals surface area contributed by atoms with Gasteiger partial charge in [-0.3, -0.25) is 4.79 Å². The highest BCUT2D eigenvalue weighted by molar-refractivity contribution is 6.05. The molecule has 1 fully saturated rings. The van der Waals surface area contributed by atoms with E-state index in [4.69, 9.17) is 4.74 Å². The molecule has 1 aromatic heterocycles. The SMILES string of the molecule is O=C(Nc1ccccc1N1CCOCC1)c1ccc(Nc2ccccc2F)nc1. The number of benzene rings is 2. The lowest BCUT2D eigenvalue weighted by Gasteiger charge is -2.30. The molecule has 1 saturated heterocycles. The molecule has 0 bridgehead atoms. The molecule has 3 aromatic rings. The average molecular weight is 392 g/mol. The normalized spacial score (nSPS) is 13.8. The van der Waals surface area contributed by atoms with Crippen LogP contribution in [0.25, 0.3) is 0 Å². The van der Waals surface area contributed by atoms with Crippen molar-refractivity contribution < 1.29 is 13.9 Å². The number of carbonyl (C=O) groups excluding carboxylic acids is 1. The van der Waals surface area contributed by atoms with E-state index in [0.29, 0.717) is 30.3 Å². The van der Waals surface area contributed by atoms with E-state index in [2.05, 4.69) is 20.5 Å². The highest BCUT2D eigenvalue weighted by Crippen LogP contribution is 2.27. The summed E-state index contributed by atoms with van der Waals surface area (Å²) in [6.07, 6.45) is 1.47. The second kappa shape index (κ2) is 8.70. The van der Waals surface area contributed by atoms with Crippen LogP contribution in [0, 0.1) is 5.82 Å². The molecule has 2 heterocycles. The molecule has 1 aliphatic rings. The molecule has 2 aromatic carbocycles. The predicted molar refractivity (Wildman–Crippen MR) is 111 cm³/mol. The zero-order chi connectivity index (χ0) is 20.1. The van der Waals surface area contributed by atoms with Gasteiger partial charge in [0.1, 0.15) is 11.6 Å². The summed E-state index contributed by atoms with van der Waals surface area (Å²) in [4.78, 5) is 19.1. The second-order valence-electron chi connectivity index (χ2n) is 6.61. The van der Waals surface area contributed by atoms with Gasteiger partial charge in [-0.1, -0.05) is 24.3 Å². The van der Waals surface area contributed by atoms with E-state index in [1.54, 1.807) is 30.3 Å². The maximum atomic E-state index is 13.8. The number of hydrogen-bond donors (Lipinski definition) is 2. The monoisotopic (exact) mass is 392 g/mol. The van der Waals surface area contributed by atoms with Crippen molar-refractivity contribution in [1.82, 2.24) is 4.98 Å². The minimum atomic E-state index is -0.365. The molecule has 4 rings (SSSR count). The van der Waals surface area contributed by atoms with Crippen LogP contribution >= 0.6 is 0 Å². The Morgan fingerprint density at radius 2 is 1.69 bits per heavy atom. The van der Waals surface area contributed by atoms with Gasteiger partial charge in [-0.2, -0.15) is 0 Å². The van der Waals surface area contributed by atoms with Crippen LogP contribution in [0.5, 0.6) is 0 Å². The Morgan fingerprint density at radius 3 is 2.41 bits per heavy atom. The zero-order valence-corrected chi connectivity index (χ0v) is 15.8. The molecule has 1 aliphatic heterocycles. The Kier molecular flexibility index (Phi) is 5.67. The lowest BCUT2D eigenvalue weighted by Crippen LogP contribution is -2.36. The first kappa shape index (κ1) is 18.9. The zero-order valence-electron chi connectivity index (χ0n) is 15.8. The van der Waals surface area contributed by atoms with E-state index in [0.717, 1.165) is 24.5 Å². The summed E-state index contributed by atoms with van der Waals surface area (Å²) in [5.41, 5.74) is 2.46. The molecular weight excluding hydrogens is 371 g/mol. The van der Waals surface area contributed by atoms with Crippen molar-refractivity contribution in [3.8, 4) is 0 Å². The highest BCUT2D eigenvalue weighted by Gasteiger charge is 2.16. The van der Waals surface area contributed by atoms with Crippen LogP contribution in [0.3, 0.4) is 0 Å². The summed E-state index contributed by atoms with van der Waals surface area (Å²) in [5, 5.41) is 5.86. The van der Waals surface area contributed by atoms with E-state index < -0.39 is 0 Å². The minimum absolute atomic E-state index is 0.254. The minimum Gasteiger partial charge on any atom is -0.378 e. The number of nitrogens with zero attached hydrogens (tertiary/aromatic N) is 2. The van der Waals surface area contributed by atoms with Gasteiger partial charge >= 0.3 is 0 Å². The Hall–Kier alpha value is -3.45. The molecule has 7 heteroatoms. The van der Waals surface area contributed by atoms with E-state index in [1.807, 2.05) is 24.3 Å². The summed E-state index contributed by atoms with van der Waals surface area (Å²) in [6, 6.07) is 17.4. The number of nitrogens with one attached hydrogen (secondary N) is 2. The fourth-order valence-electron chi connectivity index (χ4n) is 3.16. The number of carbonyl (C=O) groups is 1. The number of pyridine rings is 1. The van der Waals surface area contributed by atoms with Crippen molar-refractivity contribution in [3.05, 3.63) is 78.2 Å². The van der Waals surface area contributed by atoms with Gasteiger partial charge in [0.25, 0.3) is 5.91 Å². The fraction of sp³-hybridized carbons (Fsp3) is 0.182. The van der Waals surface area contributed by atoms with E-state index in [-0.39, 0.29) is 11.7 Å². The number of halogens is 1. The summed E-state index contributed by atoms with van der Waals surface area (Å²) in [7, 11) is 0. The number of hydrogen-bond acceptors (Lipinski definition) is 5. The number of para-hydroxylation sites is 3. The molecular formula is C22H21FN4O2. The molecule has 2 N–H and O–H groups in total. The highest BCUT2D eigenvalue weighted by atomic mass is 19.1. The van der Waals surface area contributed by atoms with Crippen LogP contribution in [0.4, 0.5) is 27.3 Å². The van der Waals surface area contributed by atoms with Crippen molar-refractivity contribution in [1.29, 1.82) is 0 Å². The maximum Gasteiger partial charge on any atom is 0.257 e. The third-order valence-corrected chi connectivity index (χ3v) is 4.67. The van der Waals surface area contributed by atoms with Gasteiger partial charge in [-0.15, -0.1) is 0 Å². The summed E-state index contributed by atoms with van der Waals surface area (Å²) >= 11 is 0. The van der Waals surface area contributed by atoms with Gasteiger partial charge in [0, 0.05) is 19.3 Å². The molecule has 6 nitrogen and oxygen atoms in total. The quantitative estimate of drug-likeness (QED) is 0.686. The summed E-state index contributed by atoms with van der Waals surface area (Å²) in [5.74, 6) is -0.160. The van der Waals surface area contributed by atoms with E-state index in [1.165, 1.54) is 12.3 Å². The van der Waals surface area contributed by atoms with Crippen molar-refractivity contribution in [2.24, 2.45) is 0 Å². The second-order valence-corrected chi connectivity index (χ2v) is 6.61. The Bertz CT molecular complexity index is 988. The molecule has 0 atom stereocenters. The van der Waals surface area contributed by atoms with Crippen molar-refractivity contribution in [2.45, 2.75) is 0 Å². The molecule has 0 unspecified atom stereocenters. The molecule has 0 saturated carbocycles. The Morgan fingerprint density at radius 1 is 0.966 bits per heavy atom. The van der Waals surface area contributed by atoms with Crippen LogP contribution < -0.4 is 15.5 Å². The standard InChI is InChI=1S/C22H21FN4O2/c23-17-5-1-2-6-18(17)25-21-10-9-16(15-24-21)22(28)26-19-7-3-4-8-20(19)27-11-13-29-14-12-27/h1-10,15H,11-14H2,(H,24,25)(H,26,28). The molecule has 0 aliphatic carbocycles. The number of rotatable bonds is 5. The van der Waals surface area contributed by atoms with Crippen molar-refractivity contribution >= 4 is 28.8 Å². The van der Waals surface area contributed by atoms with Crippen LogP contribution in [-0.2, 0) is 4.74 Å². The van der Waals surface area contributed by atoms with Crippen LogP contribution in [0.15, 0.2) is 66.9 Å². The molecule has 29 heavy (non-hydrogen) atoms. The van der Waals surface area contributed by atoms with Crippen LogP contribution in [-0.4, -0.2) is 37.2 Å². The fourth-order valence-corrected chi connectivity index (χ4v) is 3.16. The van der Waals surface area contributed by atoms with Gasteiger partial charge in [-0.25, -0.2) is 9.37 Å². The summed E-state index contributed by atoms with van der Waals surface area (Å²) < 4.78 is 19.2. The largest absolute Gasteiger partial charge is 0.378 e. The first-order chi connectivity index (χ1) is 14.2. The lowest BCUT2D eigenvalue weighted by molar-refractivity contribution is 0.102. The third kappa shape index (κ3) is 4.52. The van der Waals surface area contributed by atoms with Gasteiger partial charge in [0.2, 0.25) is 0 Å². The Balaban J connectivity index is 1.46. The van der Waals surface area contributed by atoms with E-state index in [9.17, 15) is 9.18 Å². The molecule has 0 radical (unpaired) electrons. The number of morpholine rings is 1. The maximum absolute atomic E-state index is 13.8. The van der Waals surface area contributed by atoms with Gasteiger partial charge < -0.3 is 20.3 Å². The number of amides is 1. The molecule has 148 valence electrons. The average Bonchev–Trinajstić information content (AvgIpc) is 2.77. The number of anilines is 4.